The number of primary amides is 1. The summed E-state index contributed by atoms with van der Waals surface area (Å²) in [6.45, 7) is 2.53. The number of carbonyl (C=O) groups is 1. The van der Waals surface area contributed by atoms with Gasteiger partial charge in [-0.15, -0.1) is 0 Å². The number of benzene rings is 2. The van der Waals surface area contributed by atoms with Crippen molar-refractivity contribution in [2.45, 2.75) is 25.0 Å². The molecule has 2 fully saturated rings. The number of likely N-dealkylation sites (tertiary alicyclic amines) is 2. The van der Waals surface area contributed by atoms with Crippen LogP contribution in [0.4, 0.5) is 4.79 Å². The zero-order valence-electron chi connectivity index (χ0n) is 14.7. The van der Waals surface area contributed by atoms with Gasteiger partial charge in [-0.25, -0.2) is 9.78 Å². The minimum absolute atomic E-state index is 0.272. The van der Waals surface area contributed by atoms with Gasteiger partial charge in [-0.2, -0.15) is 0 Å². The van der Waals surface area contributed by atoms with Crippen molar-refractivity contribution < 1.29 is 9.53 Å². The molecule has 0 saturated carbocycles. The molecule has 2 aromatic carbocycles. The monoisotopic (exact) mass is 380 g/mol. The second-order valence-corrected chi connectivity index (χ2v) is 8.15. The standard InChI is InChI=1S/C20H20N4O2S/c21-19(25)24-12-14-9-15(24)11-23(14)10-13-5-7-16(8-6-13)26-20-22-17-3-1-2-4-18(17)27-20/h1-8,14-15H,9-12H2,(H2,21,25)/t14-,15-/m0/s1. The number of carbonyl (C=O) groups excluding carboxylic acids is 1. The highest BCUT2D eigenvalue weighted by atomic mass is 32.1. The number of nitrogens with zero attached hydrogens (tertiary/aromatic N) is 3. The Balaban J connectivity index is 1.23. The number of piperazine rings is 1. The predicted molar refractivity (Wildman–Crippen MR) is 105 cm³/mol. The molecule has 0 aliphatic carbocycles. The first-order valence-electron chi connectivity index (χ1n) is 9.08. The molecule has 2 bridgehead atoms. The molecule has 2 aliphatic heterocycles. The van der Waals surface area contributed by atoms with Crippen LogP contribution in [0.25, 0.3) is 10.2 Å². The predicted octanol–water partition coefficient (Wildman–Crippen LogP) is 3.43. The highest BCUT2D eigenvalue weighted by molar-refractivity contribution is 7.20. The quantitative estimate of drug-likeness (QED) is 0.753. The van der Waals surface area contributed by atoms with Crippen molar-refractivity contribution in [2.24, 2.45) is 5.73 Å². The molecular formula is C20H20N4O2S. The zero-order valence-corrected chi connectivity index (χ0v) is 15.6. The van der Waals surface area contributed by atoms with E-state index in [-0.39, 0.29) is 12.1 Å². The summed E-state index contributed by atoms with van der Waals surface area (Å²) in [7, 11) is 0. The van der Waals surface area contributed by atoms with Crippen LogP contribution in [0.3, 0.4) is 0 Å². The van der Waals surface area contributed by atoms with E-state index in [1.165, 1.54) is 5.56 Å². The third kappa shape index (κ3) is 3.13. The van der Waals surface area contributed by atoms with Gasteiger partial charge >= 0.3 is 6.03 Å². The van der Waals surface area contributed by atoms with Gasteiger partial charge in [0.2, 0.25) is 0 Å². The van der Waals surface area contributed by atoms with Crippen LogP contribution >= 0.6 is 11.3 Å². The molecule has 3 aromatic rings. The Bertz CT molecular complexity index is 954. The fourth-order valence-corrected chi connectivity index (χ4v) is 4.94. The SMILES string of the molecule is NC(=O)N1C[C@@H]2C[C@H]1CN2Cc1ccc(Oc2nc3ccccc3s2)cc1. The van der Waals surface area contributed by atoms with Crippen molar-refractivity contribution in [2.75, 3.05) is 13.1 Å². The Kier molecular flexibility index (Phi) is 3.98. The summed E-state index contributed by atoms with van der Waals surface area (Å²) in [5.74, 6) is 0.792. The molecule has 2 saturated heterocycles. The van der Waals surface area contributed by atoms with E-state index < -0.39 is 0 Å². The van der Waals surface area contributed by atoms with Crippen molar-refractivity contribution in [3.63, 3.8) is 0 Å². The normalized spacial score (nSPS) is 21.9. The average molecular weight is 380 g/mol. The van der Waals surface area contributed by atoms with Crippen molar-refractivity contribution in [1.29, 1.82) is 0 Å². The minimum atomic E-state index is -0.293. The fourth-order valence-electron chi connectivity index (χ4n) is 4.11. The van der Waals surface area contributed by atoms with Crippen LogP contribution in [-0.2, 0) is 6.54 Å². The van der Waals surface area contributed by atoms with Gasteiger partial charge in [-0.3, -0.25) is 4.90 Å². The summed E-state index contributed by atoms with van der Waals surface area (Å²) in [5.41, 5.74) is 7.64. The Morgan fingerprint density at radius 3 is 2.67 bits per heavy atom. The molecule has 7 heteroatoms. The molecule has 5 rings (SSSR count). The first-order chi connectivity index (χ1) is 13.2. The smallest absolute Gasteiger partial charge is 0.315 e. The van der Waals surface area contributed by atoms with E-state index in [4.69, 9.17) is 10.5 Å². The molecule has 27 heavy (non-hydrogen) atoms. The van der Waals surface area contributed by atoms with Crippen LogP contribution in [-0.4, -0.2) is 46.0 Å². The molecule has 0 spiro atoms. The van der Waals surface area contributed by atoms with Crippen LogP contribution in [0.2, 0.25) is 0 Å². The Labute approximate surface area is 161 Å². The lowest BCUT2D eigenvalue weighted by Gasteiger charge is -2.33. The molecule has 138 valence electrons. The second kappa shape index (κ2) is 6.51. The van der Waals surface area contributed by atoms with E-state index in [2.05, 4.69) is 22.0 Å². The molecule has 2 atom stereocenters. The Morgan fingerprint density at radius 1 is 1.15 bits per heavy atom. The number of para-hydroxylation sites is 1. The van der Waals surface area contributed by atoms with Gasteiger partial charge < -0.3 is 15.4 Å². The van der Waals surface area contributed by atoms with Crippen molar-refractivity contribution in [3.8, 4) is 10.9 Å². The number of ether oxygens (including phenoxy) is 1. The largest absolute Gasteiger partial charge is 0.431 e. The second-order valence-electron chi connectivity index (χ2n) is 7.16. The van der Waals surface area contributed by atoms with Crippen LogP contribution in [0.1, 0.15) is 12.0 Å². The van der Waals surface area contributed by atoms with E-state index in [0.29, 0.717) is 11.2 Å². The average Bonchev–Trinajstić information content (AvgIpc) is 3.36. The summed E-state index contributed by atoms with van der Waals surface area (Å²) in [4.78, 5) is 20.2. The number of hydrogen-bond donors (Lipinski definition) is 1. The molecule has 2 N–H and O–H groups in total. The number of rotatable bonds is 4. The van der Waals surface area contributed by atoms with E-state index >= 15 is 0 Å². The molecule has 0 radical (unpaired) electrons. The maximum absolute atomic E-state index is 11.4. The number of urea groups is 1. The summed E-state index contributed by atoms with van der Waals surface area (Å²) in [6, 6.07) is 16.6. The van der Waals surface area contributed by atoms with Gasteiger partial charge in [0.25, 0.3) is 5.19 Å². The van der Waals surface area contributed by atoms with Crippen molar-refractivity contribution in [1.82, 2.24) is 14.8 Å². The van der Waals surface area contributed by atoms with Gasteiger partial charge in [0.15, 0.2) is 0 Å². The van der Waals surface area contributed by atoms with E-state index in [9.17, 15) is 4.79 Å². The van der Waals surface area contributed by atoms with Crippen LogP contribution in [0.5, 0.6) is 10.9 Å². The third-order valence-electron chi connectivity index (χ3n) is 5.43. The summed E-state index contributed by atoms with van der Waals surface area (Å²) in [5, 5.41) is 0.660. The van der Waals surface area contributed by atoms with Gasteiger partial charge in [0.05, 0.1) is 10.2 Å². The van der Waals surface area contributed by atoms with Gasteiger partial charge in [-0.05, 0) is 36.2 Å². The molecule has 3 heterocycles. The number of amides is 2. The van der Waals surface area contributed by atoms with E-state index in [1.54, 1.807) is 16.2 Å². The summed E-state index contributed by atoms with van der Waals surface area (Å²) < 4.78 is 7.04. The zero-order chi connectivity index (χ0) is 18.4. The maximum atomic E-state index is 11.4. The molecule has 1 aromatic heterocycles. The van der Waals surface area contributed by atoms with Gasteiger partial charge in [-0.1, -0.05) is 35.6 Å². The Hall–Kier alpha value is -2.64. The molecule has 2 amide bonds. The van der Waals surface area contributed by atoms with Crippen molar-refractivity contribution >= 4 is 27.6 Å². The summed E-state index contributed by atoms with van der Waals surface area (Å²) in [6.07, 6.45) is 1.03. The lowest BCUT2D eigenvalue weighted by atomic mass is 10.2. The van der Waals surface area contributed by atoms with Gasteiger partial charge in [0.1, 0.15) is 5.75 Å². The number of hydrogen-bond acceptors (Lipinski definition) is 5. The number of nitrogens with two attached hydrogens (primary N) is 1. The maximum Gasteiger partial charge on any atom is 0.315 e. The lowest BCUT2D eigenvalue weighted by molar-refractivity contribution is 0.137. The summed E-state index contributed by atoms with van der Waals surface area (Å²) >= 11 is 1.55. The van der Waals surface area contributed by atoms with Crippen LogP contribution in [0.15, 0.2) is 48.5 Å². The third-order valence-corrected chi connectivity index (χ3v) is 6.34. The van der Waals surface area contributed by atoms with E-state index in [0.717, 1.165) is 42.0 Å². The van der Waals surface area contributed by atoms with E-state index in [1.807, 2.05) is 36.4 Å². The first-order valence-corrected chi connectivity index (χ1v) is 9.90. The highest BCUT2D eigenvalue weighted by Crippen LogP contribution is 2.33. The minimum Gasteiger partial charge on any atom is -0.431 e. The first kappa shape index (κ1) is 16.5. The number of fused-ring (bicyclic) bond motifs is 3. The number of thiazole rings is 1. The van der Waals surface area contributed by atoms with Gasteiger partial charge in [0, 0.05) is 31.7 Å². The fraction of sp³-hybridized carbons (Fsp3) is 0.300. The molecule has 0 unspecified atom stereocenters. The number of aromatic nitrogens is 1. The van der Waals surface area contributed by atoms with Crippen LogP contribution in [0, 0.1) is 0 Å². The Morgan fingerprint density at radius 2 is 1.96 bits per heavy atom. The molecular weight excluding hydrogens is 360 g/mol. The lowest BCUT2D eigenvalue weighted by Crippen LogP contribution is -2.50. The van der Waals surface area contributed by atoms with Crippen molar-refractivity contribution in [3.05, 3.63) is 54.1 Å². The highest BCUT2D eigenvalue weighted by Gasteiger charge is 2.44. The van der Waals surface area contributed by atoms with Crippen LogP contribution < -0.4 is 10.5 Å². The molecule has 2 aliphatic rings. The molecule has 6 nitrogen and oxygen atoms in total. The topological polar surface area (TPSA) is 71.7 Å².